The van der Waals surface area contributed by atoms with Gasteiger partial charge in [0.1, 0.15) is 0 Å². The summed E-state index contributed by atoms with van der Waals surface area (Å²) in [6.07, 6.45) is 0. The summed E-state index contributed by atoms with van der Waals surface area (Å²) in [5.74, 6) is -0.438. The number of amides is 2. The maximum Gasteiger partial charge on any atom is 0.251 e. The van der Waals surface area contributed by atoms with Crippen LogP contribution in [0.15, 0.2) is 24.3 Å². The average molecular weight is 264 g/mol. The summed E-state index contributed by atoms with van der Waals surface area (Å²) in [5, 5.41) is 14.0. The first-order valence-electron chi connectivity index (χ1n) is 6.15. The first-order valence-corrected chi connectivity index (χ1v) is 6.15. The van der Waals surface area contributed by atoms with E-state index in [2.05, 4.69) is 10.6 Å². The van der Waals surface area contributed by atoms with Crippen LogP contribution in [-0.2, 0) is 0 Å². The van der Waals surface area contributed by atoms with Gasteiger partial charge >= 0.3 is 0 Å². The Morgan fingerprint density at radius 2 is 1.53 bits per heavy atom. The van der Waals surface area contributed by atoms with Gasteiger partial charge < -0.3 is 15.7 Å². The van der Waals surface area contributed by atoms with Crippen LogP contribution in [0, 0.1) is 0 Å². The molecule has 2 amide bonds. The Morgan fingerprint density at radius 3 is 1.95 bits per heavy atom. The fourth-order valence-corrected chi connectivity index (χ4v) is 1.46. The molecule has 3 N–H and O–H groups in total. The van der Waals surface area contributed by atoms with Crippen molar-refractivity contribution in [1.82, 2.24) is 10.6 Å². The number of benzene rings is 1. The summed E-state index contributed by atoms with van der Waals surface area (Å²) < 4.78 is 0. The predicted molar refractivity (Wildman–Crippen MR) is 73.1 cm³/mol. The van der Waals surface area contributed by atoms with E-state index in [0.717, 1.165) is 0 Å². The van der Waals surface area contributed by atoms with Crippen LogP contribution in [0.2, 0.25) is 0 Å². The van der Waals surface area contributed by atoms with E-state index < -0.39 is 0 Å². The van der Waals surface area contributed by atoms with E-state index in [1.165, 1.54) is 0 Å². The zero-order valence-corrected chi connectivity index (χ0v) is 11.5. The van der Waals surface area contributed by atoms with Gasteiger partial charge in [-0.25, -0.2) is 0 Å². The van der Waals surface area contributed by atoms with Gasteiger partial charge in [-0.15, -0.1) is 0 Å². The third kappa shape index (κ3) is 5.09. The molecule has 0 fully saturated rings. The van der Waals surface area contributed by atoms with Crippen molar-refractivity contribution in [2.45, 2.75) is 26.3 Å². The molecule has 104 valence electrons. The van der Waals surface area contributed by atoms with Crippen molar-refractivity contribution in [3.8, 4) is 0 Å². The molecule has 5 nitrogen and oxygen atoms in total. The third-order valence-corrected chi connectivity index (χ3v) is 2.30. The molecule has 0 heterocycles. The highest BCUT2D eigenvalue weighted by Gasteiger charge is 2.15. The van der Waals surface area contributed by atoms with Gasteiger partial charge in [-0.05, 0) is 45.0 Å². The normalized spacial score (nSPS) is 10.9. The Hall–Kier alpha value is -1.88. The third-order valence-electron chi connectivity index (χ3n) is 2.30. The molecule has 0 atom stereocenters. The van der Waals surface area contributed by atoms with Crippen molar-refractivity contribution in [1.29, 1.82) is 0 Å². The average Bonchev–Trinajstić information content (AvgIpc) is 2.34. The zero-order chi connectivity index (χ0) is 14.5. The molecule has 0 aliphatic heterocycles. The lowest BCUT2D eigenvalue weighted by Gasteiger charge is -2.20. The van der Waals surface area contributed by atoms with Crippen molar-refractivity contribution in [3.63, 3.8) is 0 Å². The van der Waals surface area contributed by atoms with Crippen LogP contribution in [0.5, 0.6) is 0 Å². The van der Waals surface area contributed by atoms with Crippen LogP contribution in [0.25, 0.3) is 0 Å². The monoisotopic (exact) mass is 264 g/mol. The van der Waals surface area contributed by atoms with E-state index in [1.54, 1.807) is 24.3 Å². The van der Waals surface area contributed by atoms with Gasteiger partial charge in [0.2, 0.25) is 0 Å². The lowest BCUT2D eigenvalue weighted by molar-refractivity contribution is 0.0914. The quantitative estimate of drug-likeness (QED) is 0.757. The molecule has 1 rings (SSSR count). The van der Waals surface area contributed by atoms with Gasteiger partial charge in [0.05, 0.1) is 6.61 Å². The molecule has 0 aliphatic rings. The number of carbonyl (C=O) groups is 2. The van der Waals surface area contributed by atoms with Gasteiger partial charge in [-0.2, -0.15) is 0 Å². The lowest BCUT2D eigenvalue weighted by atomic mass is 10.1. The smallest absolute Gasteiger partial charge is 0.251 e. The Bertz CT molecular complexity index is 447. The molecular formula is C14H20N2O3. The minimum atomic E-state index is -0.297. The minimum Gasteiger partial charge on any atom is -0.395 e. The Labute approximate surface area is 113 Å². The molecule has 0 saturated heterocycles. The van der Waals surface area contributed by atoms with E-state index >= 15 is 0 Å². The maximum atomic E-state index is 11.9. The summed E-state index contributed by atoms with van der Waals surface area (Å²) >= 11 is 0. The fourth-order valence-electron chi connectivity index (χ4n) is 1.46. The van der Waals surface area contributed by atoms with E-state index in [0.29, 0.717) is 11.1 Å². The first kappa shape index (κ1) is 15.2. The largest absolute Gasteiger partial charge is 0.395 e. The van der Waals surface area contributed by atoms with Gasteiger partial charge in [-0.1, -0.05) is 0 Å². The topological polar surface area (TPSA) is 78.4 Å². The van der Waals surface area contributed by atoms with E-state index in [-0.39, 0.29) is 30.5 Å². The molecule has 1 aromatic rings. The SMILES string of the molecule is CC(C)(C)NC(=O)c1ccc(C(=O)NCCO)cc1. The summed E-state index contributed by atoms with van der Waals surface area (Å²) in [6.45, 7) is 5.83. The molecule has 0 spiro atoms. The van der Waals surface area contributed by atoms with Gasteiger partial charge in [0.15, 0.2) is 0 Å². The Kier molecular flexibility index (Phi) is 5.06. The molecule has 0 aromatic heterocycles. The van der Waals surface area contributed by atoms with Crippen LogP contribution in [0.1, 0.15) is 41.5 Å². The highest BCUT2D eigenvalue weighted by atomic mass is 16.3. The molecule has 1 aromatic carbocycles. The number of hydrogen-bond acceptors (Lipinski definition) is 3. The van der Waals surface area contributed by atoms with Crippen LogP contribution < -0.4 is 10.6 Å². The number of nitrogens with one attached hydrogen (secondary N) is 2. The lowest BCUT2D eigenvalue weighted by Crippen LogP contribution is -2.40. The van der Waals surface area contributed by atoms with Gasteiger partial charge in [0, 0.05) is 23.2 Å². The molecule has 0 radical (unpaired) electrons. The second-order valence-electron chi connectivity index (χ2n) is 5.26. The summed E-state index contributed by atoms with van der Waals surface area (Å²) in [5.41, 5.74) is 0.670. The second kappa shape index (κ2) is 6.33. The molecule has 0 bridgehead atoms. The number of hydrogen-bond donors (Lipinski definition) is 3. The first-order chi connectivity index (χ1) is 8.83. The molecule has 19 heavy (non-hydrogen) atoms. The number of aliphatic hydroxyl groups excluding tert-OH is 1. The van der Waals surface area contributed by atoms with Crippen molar-refractivity contribution < 1.29 is 14.7 Å². The van der Waals surface area contributed by atoms with E-state index in [1.807, 2.05) is 20.8 Å². The predicted octanol–water partition coefficient (Wildman–Crippen LogP) is 0.937. The Balaban J connectivity index is 2.71. The standard InChI is InChI=1S/C14H20N2O3/c1-14(2,3)16-13(19)11-6-4-10(5-7-11)12(18)15-8-9-17/h4-7,17H,8-9H2,1-3H3,(H,15,18)(H,16,19). The van der Waals surface area contributed by atoms with Crippen LogP contribution in [0.3, 0.4) is 0 Å². The summed E-state index contributed by atoms with van der Waals surface area (Å²) in [7, 11) is 0. The van der Waals surface area contributed by atoms with Crippen molar-refractivity contribution in [2.75, 3.05) is 13.2 Å². The second-order valence-corrected chi connectivity index (χ2v) is 5.26. The fraction of sp³-hybridized carbons (Fsp3) is 0.429. The van der Waals surface area contributed by atoms with Crippen molar-refractivity contribution in [3.05, 3.63) is 35.4 Å². The molecule has 5 heteroatoms. The number of carbonyl (C=O) groups excluding carboxylic acids is 2. The van der Waals surface area contributed by atoms with Gasteiger partial charge in [-0.3, -0.25) is 9.59 Å². The van der Waals surface area contributed by atoms with Crippen LogP contribution in [0.4, 0.5) is 0 Å². The van der Waals surface area contributed by atoms with Crippen LogP contribution in [-0.4, -0.2) is 35.6 Å². The van der Waals surface area contributed by atoms with E-state index in [4.69, 9.17) is 5.11 Å². The zero-order valence-electron chi connectivity index (χ0n) is 11.5. The van der Waals surface area contributed by atoms with E-state index in [9.17, 15) is 9.59 Å². The summed E-state index contributed by atoms with van der Waals surface area (Å²) in [4.78, 5) is 23.5. The number of aliphatic hydroxyl groups is 1. The molecular weight excluding hydrogens is 244 g/mol. The van der Waals surface area contributed by atoms with Gasteiger partial charge in [0.25, 0.3) is 11.8 Å². The molecule has 0 aliphatic carbocycles. The highest BCUT2D eigenvalue weighted by molar-refractivity contribution is 5.98. The highest BCUT2D eigenvalue weighted by Crippen LogP contribution is 2.07. The molecule has 0 saturated carbocycles. The Morgan fingerprint density at radius 1 is 1.05 bits per heavy atom. The maximum absolute atomic E-state index is 11.9. The minimum absolute atomic E-state index is 0.0994. The summed E-state index contributed by atoms with van der Waals surface area (Å²) in [6, 6.07) is 6.39. The van der Waals surface area contributed by atoms with Crippen LogP contribution >= 0.6 is 0 Å². The number of rotatable bonds is 4. The van der Waals surface area contributed by atoms with Crippen molar-refractivity contribution >= 4 is 11.8 Å². The van der Waals surface area contributed by atoms with Crippen molar-refractivity contribution in [2.24, 2.45) is 0 Å². The molecule has 0 unspecified atom stereocenters.